The number of aliphatic hydroxyl groups excluding tert-OH is 1. The number of aliphatic hydroxyl groups is 1. The van der Waals surface area contributed by atoms with Crippen LogP contribution in [0.4, 0.5) is 0 Å². The van der Waals surface area contributed by atoms with Crippen molar-refractivity contribution in [2.45, 2.75) is 40.2 Å². The molecule has 0 aliphatic carbocycles. The average Bonchev–Trinajstić information content (AvgIpc) is 2.20. The van der Waals surface area contributed by atoms with Gasteiger partial charge < -0.3 is 15.7 Å². The summed E-state index contributed by atoms with van der Waals surface area (Å²) in [5.41, 5.74) is 0. The Hall–Kier alpha value is -0.610. The predicted molar refractivity (Wildman–Crippen MR) is 66.2 cm³/mol. The largest absolute Gasteiger partial charge is 0.396 e. The Bertz CT molecular complexity index is 193. The Balaban J connectivity index is 4.02. The minimum Gasteiger partial charge on any atom is -0.396 e. The van der Waals surface area contributed by atoms with Crippen molar-refractivity contribution in [2.75, 3.05) is 19.7 Å². The zero-order chi connectivity index (χ0) is 12.6. The summed E-state index contributed by atoms with van der Waals surface area (Å²) in [6.45, 7) is 9.81. The molecule has 0 aromatic carbocycles. The molecule has 0 saturated heterocycles. The molecule has 0 aliphatic heterocycles. The first kappa shape index (κ1) is 15.4. The molecule has 0 aromatic heterocycles. The zero-order valence-electron chi connectivity index (χ0n) is 10.9. The second kappa shape index (κ2) is 8.53. The van der Waals surface area contributed by atoms with Crippen LogP contribution >= 0.6 is 0 Å². The number of carbonyl (C=O) groups is 1. The van der Waals surface area contributed by atoms with E-state index in [1.54, 1.807) is 0 Å². The highest BCUT2D eigenvalue weighted by atomic mass is 16.3. The summed E-state index contributed by atoms with van der Waals surface area (Å²) in [5, 5.41) is 15.0. The molecule has 3 N–H and O–H groups in total. The van der Waals surface area contributed by atoms with Crippen LogP contribution in [-0.4, -0.2) is 36.8 Å². The van der Waals surface area contributed by atoms with Crippen LogP contribution in [0.5, 0.6) is 0 Å². The molecule has 96 valence electrons. The lowest BCUT2D eigenvalue weighted by atomic mass is 10.1. The van der Waals surface area contributed by atoms with E-state index in [0.29, 0.717) is 24.8 Å². The van der Waals surface area contributed by atoms with Crippen molar-refractivity contribution in [3.8, 4) is 0 Å². The van der Waals surface area contributed by atoms with Crippen LogP contribution < -0.4 is 10.6 Å². The molecule has 1 atom stereocenters. The lowest BCUT2D eigenvalue weighted by molar-refractivity contribution is -0.123. The van der Waals surface area contributed by atoms with Crippen molar-refractivity contribution in [1.29, 1.82) is 0 Å². The normalized spacial score (nSPS) is 13.2. The van der Waals surface area contributed by atoms with Gasteiger partial charge in [-0.2, -0.15) is 0 Å². The van der Waals surface area contributed by atoms with Crippen molar-refractivity contribution in [3.05, 3.63) is 0 Å². The Kier molecular flexibility index (Phi) is 8.21. The first-order valence-corrected chi connectivity index (χ1v) is 6.09. The van der Waals surface area contributed by atoms with E-state index in [-0.39, 0.29) is 18.6 Å². The first-order chi connectivity index (χ1) is 7.47. The molecule has 0 fully saturated rings. The molecule has 0 heterocycles. The fourth-order valence-corrected chi connectivity index (χ4v) is 1.26. The molecule has 0 radical (unpaired) electrons. The molecule has 0 saturated carbocycles. The highest BCUT2D eigenvalue weighted by molar-refractivity contribution is 5.81. The van der Waals surface area contributed by atoms with Gasteiger partial charge in [0, 0.05) is 13.2 Å². The fraction of sp³-hybridized carbons (Fsp3) is 0.917. The Morgan fingerprint density at radius 1 is 1.12 bits per heavy atom. The Morgan fingerprint density at radius 2 is 1.69 bits per heavy atom. The van der Waals surface area contributed by atoms with Crippen LogP contribution in [0.25, 0.3) is 0 Å². The van der Waals surface area contributed by atoms with Gasteiger partial charge in [0.1, 0.15) is 0 Å². The minimum atomic E-state index is -0.272. The third kappa shape index (κ3) is 7.65. The summed E-state index contributed by atoms with van der Waals surface area (Å²) >= 11 is 0. The summed E-state index contributed by atoms with van der Waals surface area (Å²) < 4.78 is 0. The smallest absolute Gasteiger partial charge is 0.237 e. The number of amides is 1. The maximum Gasteiger partial charge on any atom is 0.237 e. The third-order valence-corrected chi connectivity index (χ3v) is 2.19. The van der Waals surface area contributed by atoms with Gasteiger partial charge in [-0.25, -0.2) is 0 Å². The van der Waals surface area contributed by atoms with E-state index < -0.39 is 0 Å². The molecule has 16 heavy (non-hydrogen) atoms. The predicted octanol–water partition coefficient (Wildman–Crippen LogP) is 0.755. The average molecular weight is 230 g/mol. The van der Waals surface area contributed by atoms with Gasteiger partial charge in [-0.15, -0.1) is 0 Å². The van der Waals surface area contributed by atoms with Gasteiger partial charge in [-0.3, -0.25) is 4.79 Å². The summed E-state index contributed by atoms with van der Waals surface area (Å²) in [7, 11) is 0. The van der Waals surface area contributed by atoms with Gasteiger partial charge in [0.05, 0.1) is 6.04 Å². The van der Waals surface area contributed by atoms with Gasteiger partial charge in [-0.05, 0) is 24.8 Å². The number of hydrogen-bond donors (Lipinski definition) is 3. The van der Waals surface area contributed by atoms with Gasteiger partial charge >= 0.3 is 0 Å². The van der Waals surface area contributed by atoms with Crippen LogP contribution in [-0.2, 0) is 4.79 Å². The second-order valence-corrected chi connectivity index (χ2v) is 5.01. The van der Waals surface area contributed by atoms with Crippen LogP contribution in [0.3, 0.4) is 0 Å². The van der Waals surface area contributed by atoms with Gasteiger partial charge in [-0.1, -0.05) is 27.7 Å². The molecule has 0 aromatic rings. The van der Waals surface area contributed by atoms with E-state index in [4.69, 9.17) is 5.11 Å². The molecule has 1 unspecified atom stereocenters. The summed E-state index contributed by atoms with van der Waals surface area (Å²) in [6, 6.07) is -0.272. The topological polar surface area (TPSA) is 61.4 Å². The monoisotopic (exact) mass is 230 g/mol. The Labute approximate surface area is 98.8 Å². The molecule has 0 rings (SSSR count). The second-order valence-electron chi connectivity index (χ2n) is 5.01. The number of hydrogen-bond acceptors (Lipinski definition) is 3. The van der Waals surface area contributed by atoms with Crippen molar-refractivity contribution < 1.29 is 9.90 Å². The van der Waals surface area contributed by atoms with Crippen molar-refractivity contribution >= 4 is 5.91 Å². The maximum atomic E-state index is 11.8. The minimum absolute atomic E-state index is 0.0107. The molecule has 4 nitrogen and oxygen atoms in total. The van der Waals surface area contributed by atoms with Crippen molar-refractivity contribution in [1.82, 2.24) is 10.6 Å². The van der Waals surface area contributed by atoms with E-state index in [1.165, 1.54) is 0 Å². The molecular weight excluding hydrogens is 204 g/mol. The summed E-state index contributed by atoms with van der Waals surface area (Å²) in [5.74, 6) is 0.936. The fourth-order valence-electron chi connectivity index (χ4n) is 1.26. The molecule has 0 spiro atoms. The van der Waals surface area contributed by atoms with Crippen molar-refractivity contribution in [2.24, 2.45) is 11.8 Å². The molecule has 0 bridgehead atoms. The zero-order valence-corrected chi connectivity index (χ0v) is 10.9. The van der Waals surface area contributed by atoms with E-state index >= 15 is 0 Å². The number of nitrogens with one attached hydrogen (secondary N) is 2. The van der Waals surface area contributed by atoms with E-state index in [1.807, 2.05) is 0 Å². The van der Waals surface area contributed by atoms with Gasteiger partial charge in [0.2, 0.25) is 5.91 Å². The van der Waals surface area contributed by atoms with Gasteiger partial charge in [0.25, 0.3) is 0 Å². The molecular formula is C12H26N2O2. The highest BCUT2D eigenvalue weighted by Crippen LogP contribution is 1.96. The van der Waals surface area contributed by atoms with Gasteiger partial charge in [0.15, 0.2) is 0 Å². The number of carbonyl (C=O) groups excluding carboxylic acids is 1. The maximum absolute atomic E-state index is 11.8. The highest BCUT2D eigenvalue weighted by Gasteiger charge is 2.17. The lowest BCUT2D eigenvalue weighted by Crippen LogP contribution is -2.46. The van der Waals surface area contributed by atoms with Crippen molar-refractivity contribution in [3.63, 3.8) is 0 Å². The Morgan fingerprint density at radius 3 is 2.12 bits per heavy atom. The van der Waals surface area contributed by atoms with Crippen LogP contribution in [0, 0.1) is 11.8 Å². The van der Waals surface area contributed by atoms with Crippen LogP contribution in [0.1, 0.15) is 34.1 Å². The molecule has 1 amide bonds. The summed E-state index contributed by atoms with van der Waals surface area (Å²) in [6.07, 6.45) is 0.469. The quantitative estimate of drug-likeness (QED) is 0.577. The summed E-state index contributed by atoms with van der Waals surface area (Å²) in [4.78, 5) is 11.8. The molecule has 0 aliphatic rings. The number of rotatable bonds is 8. The van der Waals surface area contributed by atoms with Crippen LogP contribution in [0.15, 0.2) is 0 Å². The van der Waals surface area contributed by atoms with E-state index in [2.05, 4.69) is 38.3 Å². The first-order valence-electron chi connectivity index (χ1n) is 6.09. The standard InChI is InChI=1S/C12H26N2O2/c1-9(2)7-13-11(5-6-15)12(16)14-8-10(3)4/h9-11,13,15H,5-8H2,1-4H3,(H,14,16). The third-order valence-electron chi connectivity index (χ3n) is 2.19. The molecule has 4 heteroatoms. The van der Waals surface area contributed by atoms with E-state index in [9.17, 15) is 4.79 Å². The van der Waals surface area contributed by atoms with Crippen LogP contribution in [0.2, 0.25) is 0 Å². The van der Waals surface area contributed by atoms with E-state index in [0.717, 1.165) is 6.54 Å². The lowest BCUT2D eigenvalue weighted by Gasteiger charge is -2.19. The SMILES string of the molecule is CC(C)CNC(=O)C(CCO)NCC(C)C.